The predicted molar refractivity (Wildman–Crippen MR) is 198 cm³/mol. The van der Waals surface area contributed by atoms with Gasteiger partial charge < -0.3 is 0 Å². The third-order valence-electron chi connectivity index (χ3n) is 12.7. The van der Waals surface area contributed by atoms with E-state index < -0.39 is 0 Å². The summed E-state index contributed by atoms with van der Waals surface area (Å²) in [6.07, 6.45) is 6.74. The molecule has 2 aromatic carbocycles. The lowest BCUT2D eigenvalue weighted by Crippen LogP contribution is -2.55. The van der Waals surface area contributed by atoms with Crippen LogP contribution in [0.15, 0.2) is 72.4 Å². The third kappa shape index (κ3) is 5.47. The van der Waals surface area contributed by atoms with E-state index in [2.05, 4.69) is 120 Å². The van der Waals surface area contributed by atoms with Crippen molar-refractivity contribution in [2.75, 3.05) is 0 Å². The molecule has 3 aliphatic carbocycles. The molecule has 0 N–H and O–H groups in total. The van der Waals surface area contributed by atoms with Gasteiger partial charge in [-0.1, -0.05) is 129 Å². The summed E-state index contributed by atoms with van der Waals surface area (Å²) in [6, 6.07) is 12.0. The zero-order valence-electron chi connectivity index (χ0n) is 31.0. The number of hydrogen-bond donors (Lipinski definition) is 0. The van der Waals surface area contributed by atoms with Gasteiger partial charge in [0.1, 0.15) is 0 Å². The minimum absolute atomic E-state index is 0.0655. The fraction of sp³-hybridized carbons (Fsp3) is 0.556. The van der Waals surface area contributed by atoms with E-state index in [0.29, 0.717) is 23.2 Å². The topological polar surface area (TPSA) is 0 Å². The lowest BCUT2D eigenvalue weighted by molar-refractivity contribution is -0.00215. The largest absolute Gasteiger partial charge is 0.0995 e. The fourth-order valence-electron chi connectivity index (χ4n) is 10.7. The molecular weight excluding hydrogens is 540 g/mol. The van der Waals surface area contributed by atoms with E-state index in [4.69, 9.17) is 13.2 Å². The average molecular weight is 603 g/mol. The lowest BCUT2D eigenvalue weighted by Gasteiger charge is -2.64. The molecule has 0 radical (unpaired) electrons. The van der Waals surface area contributed by atoms with Gasteiger partial charge in [0.2, 0.25) is 0 Å². The number of benzene rings is 2. The molecule has 45 heavy (non-hydrogen) atoms. The molecule has 0 nitrogen and oxygen atoms in total. The molecule has 1 fully saturated rings. The summed E-state index contributed by atoms with van der Waals surface area (Å²) >= 11 is 0. The van der Waals surface area contributed by atoms with Crippen molar-refractivity contribution in [3.05, 3.63) is 111 Å². The SMILES string of the molecule is C=C1C2=C(C)[C@@]3(C)C(=C)C(C(=C)C)C(C)C[C@@]3(C)C[C@@]2(C)Cc2c(C(C)C)cc(CCc3ccc(CC(C)(C)C)cc3)c(C)c21. The molecule has 2 unspecified atom stereocenters. The number of rotatable bonds is 6. The first-order valence-electron chi connectivity index (χ1n) is 17.7. The average Bonchev–Trinajstić information content (AvgIpc) is 2.89. The second-order valence-electron chi connectivity index (χ2n) is 17.9. The van der Waals surface area contributed by atoms with Crippen LogP contribution in [0.3, 0.4) is 0 Å². The van der Waals surface area contributed by atoms with Gasteiger partial charge in [-0.3, -0.25) is 0 Å². The Morgan fingerprint density at radius 2 is 1.58 bits per heavy atom. The summed E-state index contributed by atoms with van der Waals surface area (Å²) in [6.45, 7) is 43.1. The van der Waals surface area contributed by atoms with Gasteiger partial charge >= 0.3 is 0 Å². The highest BCUT2D eigenvalue weighted by molar-refractivity contribution is 5.87. The monoisotopic (exact) mass is 602 g/mol. The summed E-state index contributed by atoms with van der Waals surface area (Å²) in [5.41, 5.74) is 17.8. The normalized spacial score (nSPS) is 29.9. The number of fused-ring (bicyclic) bond motifs is 3. The van der Waals surface area contributed by atoms with Crippen LogP contribution in [0.5, 0.6) is 0 Å². The van der Waals surface area contributed by atoms with Gasteiger partial charge in [-0.2, -0.15) is 0 Å². The second kappa shape index (κ2) is 11.3. The highest BCUT2D eigenvalue weighted by Gasteiger charge is 2.61. The van der Waals surface area contributed by atoms with Crippen molar-refractivity contribution < 1.29 is 0 Å². The molecule has 3 aliphatic rings. The maximum atomic E-state index is 4.98. The van der Waals surface area contributed by atoms with Crippen molar-refractivity contribution in [1.82, 2.24) is 0 Å². The Labute approximate surface area is 277 Å². The molecule has 5 atom stereocenters. The molecule has 0 bridgehead atoms. The summed E-state index contributed by atoms with van der Waals surface area (Å²) in [7, 11) is 0. The highest BCUT2D eigenvalue weighted by Crippen LogP contribution is 2.71. The van der Waals surface area contributed by atoms with E-state index in [1.165, 1.54) is 74.1 Å². The van der Waals surface area contributed by atoms with E-state index in [-0.39, 0.29) is 16.2 Å². The molecule has 0 spiro atoms. The van der Waals surface area contributed by atoms with Crippen LogP contribution in [-0.2, 0) is 25.7 Å². The Morgan fingerprint density at radius 1 is 0.978 bits per heavy atom. The molecule has 0 aliphatic heterocycles. The van der Waals surface area contributed by atoms with Crippen molar-refractivity contribution in [3.63, 3.8) is 0 Å². The molecule has 0 saturated heterocycles. The molecule has 1 saturated carbocycles. The number of hydrogen-bond acceptors (Lipinski definition) is 0. The van der Waals surface area contributed by atoms with Gasteiger partial charge in [0.25, 0.3) is 0 Å². The van der Waals surface area contributed by atoms with Gasteiger partial charge in [-0.25, -0.2) is 0 Å². The van der Waals surface area contributed by atoms with Crippen LogP contribution in [-0.4, -0.2) is 0 Å². The van der Waals surface area contributed by atoms with Crippen LogP contribution in [0.1, 0.15) is 134 Å². The Hall–Kier alpha value is -2.60. The molecular formula is C45H62. The summed E-state index contributed by atoms with van der Waals surface area (Å²) in [4.78, 5) is 0. The molecule has 5 rings (SSSR count). The first-order chi connectivity index (χ1) is 20.7. The standard InChI is InChI=1S/C45H62/c1-27(2)37-22-36(21-20-34-16-18-35(19-17-34)24-42(10,11)12)30(6)40-31(7)41-33(9)45(15)32(8)39(28(3)4)29(5)23-44(45,14)26-43(41,13)25-38(37)40/h16-19,22,27,29,39H,3,7-8,20-21,23-26H2,1-2,4-6,9-15H3/t29?,39?,43-,44+,45-/m1/s1. The van der Waals surface area contributed by atoms with E-state index in [1.54, 1.807) is 5.56 Å². The molecule has 0 aromatic heterocycles. The summed E-state index contributed by atoms with van der Waals surface area (Å²) in [5.74, 6) is 1.42. The summed E-state index contributed by atoms with van der Waals surface area (Å²) < 4.78 is 0. The minimum atomic E-state index is -0.0655. The van der Waals surface area contributed by atoms with Crippen molar-refractivity contribution in [1.29, 1.82) is 0 Å². The Morgan fingerprint density at radius 3 is 2.13 bits per heavy atom. The molecule has 0 amide bonds. The summed E-state index contributed by atoms with van der Waals surface area (Å²) in [5, 5.41) is 0. The molecule has 0 heteroatoms. The second-order valence-corrected chi connectivity index (χ2v) is 17.9. The van der Waals surface area contributed by atoms with E-state index >= 15 is 0 Å². The molecule has 242 valence electrons. The van der Waals surface area contributed by atoms with Crippen molar-refractivity contribution in [3.8, 4) is 0 Å². The Bertz CT molecular complexity index is 1580. The lowest BCUT2D eigenvalue weighted by atomic mass is 9.39. The Kier molecular flexibility index (Phi) is 8.46. The number of allylic oxidation sites excluding steroid dienone is 5. The van der Waals surface area contributed by atoms with Crippen LogP contribution < -0.4 is 0 Å². The maximum Gasteiger partial charge on any atom is 0.0153 e. The van der Waals surface area contributed by atoms with Crippen LogP contribution >= 0.6 is 0 Å². The van der Waals surface area contributed by atoms with E-state index in [1.807, 2.05) is 0 Å². The quantitative estimate of drug-likeness (QED) is 0.289. The first-order valence-corrected chi connectivity index (χ1v) is 17.7. The van der Waals surface area contributed by atoms with Crippen LogP contribution in [0, 0.1) is 40.4 Å². The molecule has 2 aromatic rings. The maximum absolute atomic E-state index is 4.98. The predicted octanol–water partition coefficient (Wildman–Crippen LogP) is 12.6. The van der Waals surface area contributed by atoms with Crippen LogP contribution in [0.2, 0.25) is 0 Å². The van der Waals surface area contributed by atoms with Gasteiger partial charge in [0, 0.05) is 11.3 Å². The first kappa shape index (κ1) is 33.8. The molecule has 0 heterocycles. The van der Waals surface area contributed by atoms with Gasteiger partial charge in [-0.05, 0) is 137 Å². The minimum Gasteiger partial charge on any atom is -0.0995 e. The zero-order chi connectivity index (χ0) is 33.4. The van der Waals surface area contributed by atoms with Crippen LogP contribution in [0.25, 0.3) is 5.57 Å². The highest BCUT2D eigenvalue weighted by atomic mass is 14.6. The van der Waals surface area contributed by atoms with Crippen molar-refractivity contribution in [2.45, 2.75) is 128 Å². The van der Waals surface area contributed by atoms with Crippen molar-refractivity contribution >= 4 is 5.57 Å². The van der Waals surface area contributed by atoms with Crippen molar-refractivity contribution in [2.24, 2.45) is 33.5 Å². The van der Waals surface area contributed by atoms with Gasteiger partial charge in [0.05, 0.1) is 0 Å². The zero-order valence-corrected chi connectivity index (χ0v) is 31.0. The van der Waals surface area contributed by atoms with E-state index in [9.17, 15) is 0 Å². The number of aryl methyl sites for hydroxylation is 2. The fourth-order valence-corrected chi connectivity index (χ4v) is 10.7. The van der Waals surface area contributed by atoms with Gasteiger partial charge in [0.15, 0.2) is 0 Å². The van der Waals surface area contributed by atoms with E-state index in [0.717, 1.165) is 25.7 Å². The van der Waals surface area contributed by atoms with Crippen LogP contribution in [0.4, 0.5) is 0 Å². The third-order valence-corrected chi connectivity index (χ3v) is 12.7. The Balaban J connectivity index is 1.58. The van der Waals surface area contributed by atoms with Gasteiger partial charge in [-0.15, -0.1) is 0 Å². The smallest absolute Gasteiger partial charge is 0.0153 e.